The van der Waals surface area contributed by atoms with Gasteiger partial charge in [0.1, 0.15) is 0 Å². The SMILES string of the molecule is CC1(C)c2cc(-c3ccc(-c4ccc5ccc6c(-c7cccc8ccccc78)ccc7ccc4c5c76)cc3N(c3ccccc3)c3ccccc3)ccc2-c2cc3c4ccccc4c4ccccc4c3cc21. The molecule has 14 aromatic rings. The van der Waals surface area contributed by atoms with E-state index in [4.69, 9.17) is 0 Å². The van der Waals surface area contributed by atoms with E-state index in [0.29, 0.717) is 0 Å². The number of anilines is 3. The zero-order valence-corrected chi connectivity index (χ0v) is 40.1. The Hall–Kier alpha value is -9.04. The highest BCUT2D eigenvalue weighted by Gasteiger charge is 2.37. The Kier molecular flexibility index (Phi) is 8.77. The van der Waals surface area contributed by atoms with E-state index in [1.165, 1.54) is 131 Å². The molecule has 1 heteroatoms. The van der Waals surface area contributed by atoms with Gasteiger partial charge in [-0.1, -0.05) is 214 Å². The highest BCUT2D eigenvalue weighted by atomic mass is 15.1. The molecule has 0 aromatic heterocycles. The quantitative estimate of drug-likeness (QED) is 0.150. The molecule has 0 unspecified atom stereocenters. The zero-order valence-electron chi connectivity index (χ0n) is 40.1. The minimum absolute atomic E-state index is 0.227. The van der Waals surface area contributed by atoms with Crippen molar-refractivity contribution in [2.45, 2.75) is 19.3 Å². The van der Waals surface area contributed by atoms with Crippen molar-refractivity contribution < 1.29 is 0 Å². The standard InChI is InChI=1S/C71H47N/c1-71(2)66-40-47(33-37-60(66)65-42-63-57-25-13-11-23-55(57)56-24-12-14-26-58(56)64(63)43-67(65)71)53-35-32-48(41-68(53)72(49-18-5-3-6-19-49)50-20-7-4-8-21-50)52-34-28-45-31-39-62-59(36-29-46-30-38-61(52)69(45)70(46)62)54-27-15-17-44-16-9-10-22-51(44)54/h3-43H,1-2H3. The molecule has 0 heterocycles. The summed E-state index contributed by atoms with van der Waals surface area (Å²) >= 11 is 0. The van der Waals surface area contributed by atoms with Crippen molar-refractivity contribution in [2.24, 2.45) is 0 Å². The van der Waals surface area contributed by atoms with Gasteiger partial charge in [-0.25, -0.2) is 0 Å². The fourth-order valence-corrected chi connectivity index (χ4v) is 12.8. The van der Waals surface area contributed by atoms with Gasteiger partial charge in [-0.3, -0.25) is 0 Å². The van der Waals surface area contributed by atoms with E-state index in [9.17, 15) is 0 Å². The minimum Gasteiger partial charge on any atom is -0.310 e. The molecule has 0 saturated carbocycles. The van der Waals surface area contributed by atoms with Crippen LogP contribution in [-0.2, 0) is 5.41 Å². The molecule has 0 spiro atoms. The van der Waals surface area contributed by atoms with Crippen molar-refractivity contribution >= 4 is 92.5 Å². The summed E-state index contributed by atoms with van der Waals surface area (Å²) < 4.78 is 0. The lowest BCUT2D eigenvalue weighted by molar-refractivity contribution is 0.661. The molecular weight excluding hydrogens is 867 g/mol. The van der Waals surface area contributed by atoms with Gasteiger partial charge in [-0.05, 0) is 174 Å². The van der Waals surface area contributed by atoms with Crippen LogP contribution in [0.1, 0.15) is 25.0 Å². The van der Waals surface area contributed by atoms with Crippen LogP contribution in [0.2, 0.25) is 0 Å². The third-order valence-electron chi connectivity index (χ3n) is 16.2. The summed E-state index contributed by atoms with van der Waals surface area (Å²) in [5.41, 5.74) is 15.8. The van der Waals surface area contributed by atoms with Gasteiger partial charge >= 0.3 is 0 Å². The predicted octanol–water partition coefficient (Wildman–Crippen LogP) is 20.0. The van der Waals surface area contributed by atoms with E-state index >= 15 is 0 Å². The van der Waals surface area contributed by atoms with E-state index in [1.807, 2.05) is 0 Å². The van der Waals surface area contributed by atoms with E-state index in [-0.39, 0.29) is 5.41 Å². The Morgan fingerprint density at radius 3 is 1.38 bits per heavy atom. The van der Waals surface area contributed by atoms with Gasteiger partial charge in [-0.15, -0.1) is 0 Å². The maximum atomic E-state index is 2.51. The van der Waals surface area contributed by atoms with Crippen LogP contribution in [0.3, 0.4) is 0 Å². The average molecular weight is 914 g/mol. The molecule has 1 aliphatic carbocycles. The lowest BCUT2D eigenvalue weighted by Gasteiger charge is -2.29. The first-order valence-electron chi connectivity index (χ1n) is 25.2. The first-order valence-corrected chi connectivity index (χ1v) is 25.2. The maximum absolute atomic E-state index is 2.51. The molecule has 15 rings (SSSR count). The smallest absolute Gasteiger partial charge is 0.0546 e. The molecule has 0 radical (unpaired) electrons. The van der Waals surface area contributed by atoms with Crippen LogP contribution in [-0.4, -0.2) is 0 Å². The second-order valence-corrected chi connectivity index (χ2v) is 20.3. The van der Waals surface area contributed by atoms with E-state index in [0.717, 1.165) is 17.1 Å². The first kappa shape index (κ1) is 40.8. The molecule has 72 heavy (non-hydrogen) atoms. The second kappa shape index (κ2) is 15.5. The molecule has 336 valence electrons. The number of fused-ring (bicyclic) bond motifs is 10. The lowest BCUT2D eigenvalue weighted by atomic mass is 9.80. The van der Waals surface area contributed by atoms with Crippen LogP contribution in [0, 0.1) is 0 Å². The fraction of sp³-hybridized carbons (Fsp3) is 0.0423. The summed E-state index contributed by atoms with van der Waals surface area (Å²) in [7, 11) is 0. The van der Waals surface area contributed by atoms with Crippen molar-refractivity contribution in [2.75, 3.05) is 4.90 Å². The van der Waals surface area contributed by atoms with Crippen LogP contribution >= 0.6 is 0 Å². The summed E-state index contributed by atoms with van der Waals surface area (Å²) in [6, 6.07) is 93.1. The summed E-state index contributed by atoms with van der Waals surface area (Å²) in [5.74, 6) is 0. The first-order chi connectivity index (χ1) is 35.5. The molecule has 0 amide bonds. The van der Waals surface area contributed by atoms with Crippen LogP contribution in [0.15, 0.2) is 249 Å². The van der Waals surface area contributed by atoms with Gasteiger partial charge in [0.25, 0.3) is 0 Å². The molecule has 0 bridgehead atoms. The Balaban J connectivity index is 0.937. The molecular formula is C71H47N. The monoisotopic (exact) mass is 913 g/mol. The average Bonchev–Trinajstić information content (AvgIpc) is 3.66. The van der Waals surface area contributed by atoms with Crippen molar-refractivity contribution in [1.29, 1.82) is 0 Å². The van der Waals surface area contributed by atoms with Crippen LogP contribution in [0.4, 0.5) is 17.1 Å². The molecule has 0 aliphatic heterocycles. The predicted molar refractivity (Wildman–Crippen MR) is 309 cm³/mol. The van der Waals surface area contributed by atoms with E-state index < -0.39 is 0 Å². The van der Waals surface area contributed by atoms with Crippen molar-refractivity contribution in [3.8, 4) is 44.5 Å². The largest absolute Gasteiger partial charge is 0.310 e. The second-order valence-electron chi connectivity index (χ2n) is 20.3. The molecule has 0 atom stereocenters. The Labute approximate surface area is 418 Å². The van der Waals surface area contributed by atoms with Crippen LogP contribution in [0.25, 0.3) is 120 Å². The summed E-state index contributed by atoms with van der Waals surface area (Å²) in [6.45, 7) is 4.83. The third kappa shape index (κ3) is 5.95. The topological polar surface area (TPSA) is 3.24 Å². The van der Waals surface area contributed by atoms with Gasteiger partial charge in [0, 0.05) is 22.4 Å². The Morgan fingerprint density at radius 1 is 0.264 bits per heavy atom. The number of rotatable bonds is 6. The fourth-order valence-electron chi connectivity index (χ4n) is 12.8. The molecule has 0 saturated heterocycles. The molecule has 14 aromatic carbocycles. The van der Waals surface area contributed by atoms with Gasteiger partial charge in [0.05, 0.1) is 5.69 Å². The number of hydrogen-bond acceptors (Lipinski definition) is 1. The zero-order chi connectivity index (χ0) is 47.7. The molecule has 1 aliphatic rings. The van der Waals surface area contributed by atoms with E-state index in [1.54, 1.807) is 0 Å². The highest BCUT2D eigenvalue weighted by molar-refractivity contribution is 6.29. The summed E-state index contributed by atoms with van der Waals surface area (Å²) in [5, 5.41) is 18.1. The van der Waals surface area contributed by atoms with Crippen molar-refractivity contribution in [1.82, 2.24) is 0 Å². The molecule has 0 fully saturated rings. The van der Waals surface area contributed by atoms with E-state index in [2.05, 4.69) is 267 Å². The number of nitrogens with zero attached hydrogens (tertiary/aromatic N) is 1. The number of hydrogen-bond donors (Lipinski definition) is 0. The van der Waals surface area contributed by atoms with Gasteiger partial charge in [0.15, 0.2) is 0 Å². The van der Waals surface area contributed by atoms with Crippen molar-refractivity contribution in [3.05, 3.63) is 260 Å². The Morgan fingerprint density at radius 2 is 0.722 bits per heavy atom. The lowest BCUT2D eigenvalue weighted by Crippen LogP contribution is -2.15. The minimum atomic E-state index is -0.227. The molecule has 0 N–H and O–H groups in total. The van der Waals surface area contributed by atoms with Crippen molar-refractivity contribution in [3.63, 3.8) is 0 Å². The number of para-hydroxylation sites is 2. The summed E-state index contributed by atoms with van der Waals surface area (Å²) in [4.78, 5) is 2.45. The normalized spacial score (nSPS) is 13.0. The highest BCUT2D eigenvalue weighted by Crippen LogP contribution is 2.54. The van der Waals surface area contributed by atoms with Gasteiger partial charge < -0.3 is 4.90 Å². The van der Waals surface area contributed by atoms with Crippen LogP contribution < -0.4 is 4.90 Å². The Bertz CT molecular complexity index is 4480. The third-order valence-corrected chi connectivity index (χ3v) is 16.2. The van der Waals surface area contributed by atoms with Crippen LogP contribution in [0.5, 0.6) is 0 Å². The summed E-state index contributed by atoms with van der Waals surface area (Å²) in [6.07, 6.45) is 0. The molecule has 1 nitrogen and oxygen atoms in total. The van der Waals surface area contributed by atoms with Gasteiger partial charge in [0.2, 0.25) is 0 Å². The maximum Gasteiger partial charge on any atom is 0.0546 e. The number of benzene rings is 14. The van der Waals surface area contributed by atoms with Gasteiger partial charge in [-0.2, -0.15) is 0 Å².